The second-order valence-electron chi connectivity index (χ2n) is 7.77. The minimum atomic E-state index is -0.933. The number of rotatable bonds is 7. The van der Waals surface area contributed by atoms with Crippen LogP contribution in [0.3, 0.4) is 0 Å². The number of aryl methyl sites for hydroxylation is 1. The number of hydrogen-bond acceptors (Lipinski definition) is 3. The van der Waals surface area contributed by atoms with Crippen LogP contribution >= 0.6 is 0 Å². The molecule has 2 fully saturated rings. The van der Waals surface area contributed by atoms with Crippen molar-refractivity contribution in [2.75, 3.05) is 0 Å². The van der Waals surface area contributed by atoms with E-state index in [2.05, 4.69) is 29.8 Å². The first kappa shape index (κ1) is 18.5. The maximum Gasteiger partial charge on any atom is 0.331 e. The Morgan fingerprint density at radius 3 is 2.50 bits per heavy atom. The van der Waals surface area contributed by atoms with Crippen LogP contribution in [0.25, 0.3) is 6.08 Å². The summed E-state index contributed by atoms with van der Waals surface area (Å²) in [5, 5.41) is 2.93. The first-order chi connectivity index (χ1) is 13.5. The van der Waals surface area contributed by atoms with Crippen molar-refractivity contribution in [3.8, 4) is 0 Å². The maximum absolute atomic E-state index is 12.6. The van der Waals surface area contributed by atoms with Gasteiger partial charge in [0.05, 0.1) is 0 Å². The fourth-order valence-electron chi connectivity index (χ4n) is 3.58. The Bertz CT molecular complexity index is 905. The predicted molar refractivity (Wildman–Crippen MR) is 108 cm³/mol. The number of hydrogen-bond donors (Lipinski definition) is 1. The molecule has 2 saturated carbocycles. The van der Waals surface area contributed by atoms with E-state index in [1.165, 1.54) is 24.6 Å². The number of carbonyl (C=O) groups is 2. The van der Waals surface area contributed by atoms with Gasteiger partial charge in [-0.15, -0.1) is 0 Å². The van der Waals surface area contributed by atoms with Crippen LogP contribution in [-0.4, -0.2) is 22.5 Å². The molecule has 2 aliphatic rings. The van der Waals surface area contributed by atoms with Gasteiger partial charge in [0.15, 0.2) is 0 Å². The number of carbonyl (C=O) groups excluding carboxylic acids is 2. The van der Waals surface area contributed by atoms with Gasteiger partial charge in [-0.3, -0.25) is 4.79 Å². The van der Waals surface area contributed by atoms with Gasteiger partial charge in [-0.2, -0.15) is 0 Å². The number of nitrogens with one attached hydrogen (secondary N) is 1. The van der Waals surface area contributed by atoms with Crippen molar-refractivity contribution >= 4 is 18.0 Å². The quantitative estimate of drug-likeness (QED) is 0.585. The molecule has 28 heavy (non-hydrogen) atoms. The predicted octanol–water partition coefficient (Wildman–Crippen LogP) is 4.02. The third kappa shape index (κ3) is 4.19. The van der Waals surface area contributed by atoms with Gasteiger partial charge in [0.2, 0.25) is 6.10 Å². The molecule has 0 bridgehead atoms. The summed E-state index contributed by atoms with van der Waals surface area (Å²) in [7, 11) is 0. The monoisotopic (exact) mass is 378 g/mol. The summed E-state index contributed by atoms with van der Waals surface area (Å²) < 4.78 is 7.88. The lowest BCUT2D eigenvalue weighted by Gasteiger charge is -2.17. The van der Waals surface area contributed by atoms with Gasteiger partial charge in [-0.1, -0.05) is 30.3 Å². The van der Waals surface area contributed by atoms with Crippen molar-refractivity contribution in [1.29, 1.82) is 0 Å². The molecule has 2 aromatic rings. The number of ether oxygens (including phenoxy) is 1. The summed E-state index contributed by atoms with van der Waals surface area (Å²) in [6, 6.07) is 12.0. The second-order valence-corrected chi connectivity index (χ2v) is 7.77. The molecule has 1 N–H and O–H groups in total. The molecule has 0 unspecified atom stereocenters. The molecule has 4 rings (SSSR count). The molecule has 0 aliphatic heterocycles. The minimum absolute atomic E-state index is 0.209. The van der Waals surface area contributed by atoms with Gasteiger partial charge in [-0.05, 0) is 57.2 Å². The molecule has 1 heterocycles. The van der Waals surface area contributed by atoms with Crippen molar-refractivity contribution in [3.63, 3.8) is 0 Å². The molecular weight excluding hydrogens is 352 g/mol. The van der Waals surface area contributed by atoms with Crippen molar-refractivity contribution in [2.24, 2.45) is 0 Å². The average molecular weight is 378 g/mol. The molecule has 0 spiro atoms. The van der Waals surface area contributed by atoms with E-state index < -0.39 is 12.1 Å². The number of esters is 1. The number of aromatic nitrogens is 1. The Morgan fingerprint density at radius 2 is 1.86 bits per heavy atom. The molecule has 1 amide bonds. The zero-order chi connectivity index (χ0) is 19.7. The standard InChI is InChI=1S/C23H26N2O3/c1-15-14-18(16(2)25(15)20-11-12-20)8-13-21(26)28-22(17-6-4-3-5-7-17)23(27)24-19-9-10-19/h3-8,13-14,19-20,22H,9-12H2,1-2H3,(H,24,27)/b13-8+/t22-/m0/s1. The zero-order valence-corrected chi connectivity index (χ0v) is 16.4. The highest BCUT2D eigenvalue weighted by Crippen LogP contribution is 2.38. The zero-order valence-electron chi connectivity index (χ0n) is 16.4. The Balaban J connectivity index is 1.47. The van der Waals surface area contributed by atoms with Crippen LogP contribution in [0.4, 0.5) is 0 Å². The topological polar surface area (TPSA) is 60.3 Å². The van der Waals surface area contributed by atoms with Crippen LogP contribution in [0.2, 0.25) is 0 Å². The van der Waals surface area contributed by atoms with E-state index >= 15 is 0 Å². The molecule has 0 saturated heterocycles. The largest absolute Gasteiger partial charge is 0.444 e. The van der Waals surface area contributed by atoms with Gasteiger partial charge in [0, 0.05) is 35.1 Å². The number of benzene rings is 1. The summed E-state index contributed by atoms with van der Waals surface area (Å²) >= 11 is 0. The van der Waals surface area contributed by atoms with Crippen LogP contribution in [-0.2, 0) is 14.3 Å². The third-order valence-electron chi connectivity index (χ3n) is 5.33. The summed E-state index contributed by atoms with van der Waals surface area (Å²) in [5.74, 6) is -0.779. The average Bonchev–Trinajstić information content (AvgIpc) is 3.60. The van der Waals surface area contributed by atoms with Crippen LogP contribution in [0.15, 0.2) is 42.5 Å². The molecule has 2 aliphatic carbocycles. The van der Waals surface area contributed by atoms with Crippen molar-refractivity contribution in [3.05, 3.63) is 65.0 Å². The van der Waals surface area contributed by atoms with E-state index in [1.807, 2.05) is 18.2 Å². The highest BCUT2D eigenvalue weighted by Gasteiger charge is 2.30. The third-order valence-corrected chi connectivity index (χ3v) is 5.33. The summed E-state index contributed by atoms with van der Waals surface area (Å²) in [4.78, 5) is 25.0. The first-order valence-corrected chi connectivity index (χ1v) is 9.95. The van der Waals surface area contributed by atoms with Crippen LogP contribution in [0.5, 0.6) is 0 Å². The van der Waals surface area contributed by atoms with E-state index in [9.17, 15) is 9.59 Å². The van der Waals surface area contributed by atoms with Crippen LogP contribution < -0.4 is 5.32 Å². The molecule has 1 aromatic carbocycles. The van der Waals surface area contributed by atoms with E-state index in [4.69, 9.17) is 4.74 Å². The number of nitrogens with zero attached hydrogens (tertiary/aromatic N) is 1. The summed E-state index contributed by atoms with van der Waals surface area (Å²) in [6.45, 7) is 4.17. The molecule has 146 valence electrons. The van der Waals surface area contributed by atoms with Gasteiger partial charge in [0.25, 0.3) is 5.91 Å². The van der Waals surface area contributed by atoms with Crippen molar-refractivity contribution < 1.29 is 14.3 Å². The fourth-order valence-corrected chi connectivity index (χ4v) is 3.58. The summed E-state index contributed by atoms with van der Waals surface area (Å²) in [5.41, 5.74) is 4.06. The second kappa shape index (κ2) is 7.66. The SMILES string of the molecule is Cc1cc(/C=C/C(=O)O[C@H](C(=O)NC2CC2)c2ccccc2)c(C)n1C1CC1. The molecule has 5 heteroatoms. The lowest BCUT2D eigenvalue weighted by atomic mass is 10.1. The van der Waals surface area contributed by atoms with E-state index in [0.717, 1.165) is 24.1 Å². The smallest absolute Gasteiger partial charge is 0.331 e. The van der Waals surface area contributed by atoms with Gasteiger partial charge < -0.3 is 14.6 Å². The highest BCUT2D eigenvalue weighted by molar-refractivity contribution is 5.91. The Labute approximate surface area is 165 Å². The minimum Gasteiger partial charge on any atom is -0.444 e. The van der Waals surface area contributed by atoms with Crippen LogP contribution in [0, 0.1) is 13.8 Å². The van der Waals surface area contributed by atoms with E-state index in [-0.39, 0.29) is 11.9 Å². The Morgan fingerprint density at radius 1 is 1.14 bits per heavy atom. The van der Waals surface area contributed by atoms with E-state index in [0.29, 0.717) is 11.6 Å². The first-order valence-electron chi connectivity index (χ1n) is 9.95. The molecular formula is C23H26N2O3. The molecule has 1 aromatic heterocycles. The Kier molecular flexibility index (Phi) is 5.07. The number of amides is 1. The van der Waals surface area contributed by atoms with E-state index in [1.54, 1.807) is 18.2 Å². The van der Waals surface area contributed by atoms with Crippen molar-refractivity contribution in [2.45, 2.75) is 57.7 Å². The molecule has 5 nitrogen and oxygen atoms in total. The lowest BCUT2D eigenvalue weighted by molar-refractivity contribution is -0.151. The lowest BCUT2D eigenvalue weighted by Crippen LogP contribution is -2.33. The fraction of sp³-hybridized carbons (Fsp3) is 0.391. The molecule has 1 atom stereocenters. The maximum atomic E-state index is 12.6. The summed E-state index contributed by atoms with van der Waals surface area (Å²) in [6.07, 6.45) is 6.67. The molecule has 0 radical (unpaired) electrons. The Hall–Kier alpha value is -2.82. The van der Waals surface area contributed by atoms with Gasteiger partial charge in [0.1, 0.15) is 0 Å². The van der Waals surface area contributed by atoms with Gasteiger partial charge in [-0.25, -0.2) is 4.79 Å². The van der Waals surface area contributed by atoms with Gasteiger partial charge >= 0.3 is 5.97 Å². The normalized spacial score (nSPS) is 17.5. The highest BCUT2D eigenvalue weighted by atomic mass is 16.5. The van der Waals surface area contributed by atoms with Crippen molar-refractivity contribution in [1.82, 2.24) is 9.88 Å². The van der Waals surface area contributed by atoms with Crippen LogP contribution in [0.1, 0.15) is 60.3 Å².